The molecule has 0 fully saturated rings. The van der Waals surface area contributed by atoms with Crippen LogP contribution in [-0.2, 0) is 32.7 Å². The molecule has 0 aliphatic carbocycles. The van der Waals surface area contributed by atoms with Crippen LogP contribution < -0.4 is 0 Å². The van der Waals surface area contributed by atoms with E-state index in [1.54, 1.807) is 0 Å². The Labute approximate surface area is 108 Å². The fourth-order valence-corrected chi connectivity index (χ4v) is 1.01. The van der Waals surface area contributed by atoms with E-state index in [1.165, 1.54) is 11.5 Å². The Morgan fingerprint density at radius 3 is 1.85 bits per heavy atom. The molecule has 1 radical (unpaired) electrons. The Hall–Kier alpha value is 0.0639. The van der Waals surface area contributed by atoms with Crippen LogP contribution in [0.25, 0.3) is 0 Å². The van der Waals surface area contributed by atoms with Crippen LogP contribution >= 0.6 is 0 Å². The molecule has 1 rings (SSSR count). The topological polar surface area (TPSA) is 0 Å². The zero-order valence-corrected chi connectivity index (χ0v) is 11.9. The third kappa shape index (κ3) is 5.38. The van der Waals surface area contributed by atoms with Gasteiger partial charge < -0.3 is 0 Å². The summed E-state index contributed by atoms with van der Waals surface area (Å²) in [6.07, 6.45) is 0. The standard InChI is InChI=1S/C10H12.C2H6.Y/c1-8(2)10-7-5-4-6-9(10)3;1-2;/h4-7H,3H2,1-2H3;1-2H3;/q-2;;. The molecular weight excluding hydrogens is 233 g/mol. The maximum absolute atomic E-state index is 3.92. The summed E-state index contributed by atoms with van der Waals surface area (Å²) >= 11 is 0. The van der Waals surface area contributed by atoms with Crippen molar-refractivity contribution < 1.29 is 32.7 Å². The predicted octanol–water partition coefficient (Wildman–Crippen LogP) is 3.85. The Bertz CT molecular complexity index is 216. The number of hydrogen-bond acceptors (Lipinski definition) is 0. The first-order chi connectivity index (χ1) is 5.72. The van der Waals surface area contributed by atoms with Gasteiger partial charge in [0.15, 0.2) is 0 Å². The minimum Gasteiger partial charge on any atom is -0.299 e. The van der Waals surface area contributed by atoms with Gasteiger partial charge in [0.1, 0.15) is 0 Å². The van der Waals surface area contributed by atoms with E-state index in [2.05, 4.69) is 26.8 Å². The average molecular weight is 251 g/mol. The van der Waals surface area contributed by atoms with Gasteiger partial charge in [-0.25, -0.2) is 18.1 Å². The Morgan fingerprint density at radius 2 is 1.54 bits per heavy atom. The fraction of sp³-hybridized carbons (Fsp3) is 0.333. The minimum atomic E-state index is 0. The second kappa shape index (κ2) is 8.65. The molecule has 0 aliphatic heterocycles. The first-order valence-electron chi connectivity index (χ1n) is 4.43. The molecule has 0 aromatic heterocycles. The van der Waals surface area contributed by atoms with Crippen LogP contribution in [0.15, 0.2) is 24.3 Å². The molecule has 0 saturated heterocycles. The summed E-state index contributed by atoms with van der Waals surface area (Å²) < 4.78 is 0. The molecule has 13 heavy (non-hydrogen) atoms. The first kappa shape index (κ1) is 15.5. The quantitative estimate of drug-likeness (QED) is 0.665. The van der Waals surface area contributed by atoms with Gasteiger partial charge in [0.05, 0.1) is 0 Å². The predicted molar refractivity (Wildman–Crippen MR) is 55.9 cm³/mol. The van der Waals surface area contributed by atoms with Crippen molar-refractivity contribution in [2.75, 3.05) is 0 Å². The molecule has 0 N–H and O–H groups in total. The molecule has 0 bridgehead atoms. The molecule has 1 heteroatoms. The molecule has 1 aromatic carbocycles. The second-order valence-electron chi connectivity index (χ2n) is 2.66. The maximum Gasteiger partial charge on any atom is 0 e. The van der Waals surface area contributed by atoms with Gasteiger partial charge in [-0.15, -0.1) is 26.0 Å². The number of rotatable bonds is 1. The van der Waals surface area contributed by atoms with Crippen LogP contribution in [-0.4, -0.2) is 0 Å². The summed E-state index contributed by atoms with van der Waals surface area (Å²) in [5.41, 5.74) is 2.38. The number of hydrogen-bond donors (Lipinski definition) is 0. The van der Waals surface area contributed by atoms with Gasteiger partial charge in [0.2, 0.25) is 0 Å². The van der Waals surface area contributed by atoms with Crippen molar-refractivity contribution in [2.45, 2.75) is 27.7 Å². The molecule has 0 amide bonds. The Morgan fingerprint density at radius 1 is 1.08 bits per heavy atom. The molecular formula is C12H18Y-2. The normalized spacial score (nSPS) is 7.69. The van der Waals surface area contributed by atoms with Crippen LogP contribution in [0.4, 0.5) is 0 Å². The van der Waals surface area contributed by atoms with Gasteiger partial charge in [-0.2, -0.15) is 0 Å². The van der Waals surface area contributed by atoms with Gasteiger partial charge in [0.25, 0.3) is 0 Å². The zero-order valence-electron chi connectivity index (χ0n) is 9.09. The van der Waals surface area contributed by atoms with Gasteiger partial charge in [-0.05, 0) is 0 Å². The summed E-state index contributed by atoms with van der Waals surface area (Å²) in [7, 11) is 0. The average Bonchev–Trinajstić information content (AvgIpc) is 2.08. The molecule has 0 spiro atoms. The van der Waals surface area contributed by atoms with Crippen LogP contribution in [0, 0.1) is 12.8 Å². The zero-order chi connectivity index (χ0) is 9.56. The van der Waals surface area contributed by atoms with Gasteiger partial charge in [0, 0.05) is 32.7 Å². The molecule has 0 atom stereocenters. The summed E-state index contributed by atoms with van der Waals surface area (Å²) in [4.78, 5) is 0. The van der Waals surface area contributed by atoms with Crippen molar-refractivity contribution in [2.24, 2.45) is 0 Å². The van der Waals surface area contributed by atoms with E-state index in [9.17, 15) is 0 Å². The van der Waals surface area contributed by atoms with Crippen molar-refractivity contribution in [1.82, 2.24) is 0 Å². The summed E-state index contributed by atoms with van der Waals surface area (Å²) in [6, 6.07) is 8.17. The van der Waals surface area contributed by atoms with E-state index in [-0.39, 0.29) is 32.7 Å². The van der Waals surface area contributed by atoms with Crippen molar-refractivity contribution in [3.63, 3.8) is 0 Å². The molecule has 1 aromatic rings. The Kier molecular flexibility index (Phi) is 10.3. The molecule has 0 nitrogen and oxygen atoms in total. The van der Waals surface area contributed by atoms with Gasteiger partial charge in [-0.3, -0.25) is 18.1 Å². The molecule has 0 unspecified atom stereocenters. The fourth-order valence-electron chi connectivity index (χ4n) is 1.01. The maximum atomic E-state index is 3.92. The van der Waals surface area contributed by atoms with Crippen molar-refractivity contribution in [3.05, 3.63) is 48.2 Å². The monoisotopic (exact) mass is 251 g/mol. The van der Waals surface area contributed by atoms with E-state index in [4.69, 9.17) is 0 Å². The minimum absolute atomic E-state index is 0. The third-order valence-electron chi connectivity index (χ3n) is 1.56. The van der Waals surface area contributed by atoms with Crippen LogP contribution in [0.2, 0.25) is 0 Å². The van der Waals surface area contributed by atoms with Crippen LogP contribution in [0.1, 0.15) is 38.8 Å². The largest absolute Gasteiger partial charge is 0.299 e. The van der Waals surface area contributed by atoms with Crippen LogP contribution in [0.5, 0.6) is 0 Å². The second-order valence-corrected chi connectivity index (χ2v) is 2.66. The molecule has 0 heterocycles. The smallest absolute Gasteiger partial charge is 0 e. The number of benzene rings is 1. The van der Waals surface area contributed by atoms with E-state index in [0.29, 0.717) is 0 Å². The Balaban J connectivity index is 0. The van der Waals surface area contributed by atoms with Crippen molar-refractivity contribution >= 4 is 0 Å². The third-order valence-corrected chi connectivity index (χ3v) is 1.56. The van der Waals surface area contributed by atoms with Crippen LogP contribution in [0.3, 0.4) is 0 Å². The van der Waals surface area contributed by atoms with Gasteiger partial charge >= 0.3 is 0 Å². The SMILES string of the molecule is CC.[CH2-]c1ccccc1[C-](C)C.[Y]. The van der Waals surface area contributed by atoms with Crippen molar-refractivity contribution in [1.29, 1.82) is 0 Å². The molecule has 0 saturated carbocycles. The summed E-state index contributed by atoms with van der Waals surface area (Å²) in [5.74, 6) is 1.32. The summed E-state index contributed by atoms with van der Waals surface area (Å²) in [5, 5.41) is 0. The van der Waals surface area contributed by atoms with E-state index in [1.807, 2.05) is 32.0 Å². The van der Waals surface area contributed by atoms with Gasteiger partial charge in [-0.1, -0.05) is 13.8 Å². The van der Waals surface area contributed by atoms with E-state index < -0.39 is 0 Å². The van der Waals surface area contributed by atoms with Crippen molar-refractivity contribution in [3.8, 4) is 0 Å². The molecule has 71 valence electrons. The molecule has 0 aliphatic rings. The van der Waals surface area contributed by atoms with E-state index in [0.717, 1.165) is 5.56 Å². The summed E-state index contributed by atoms with van der Waals surface area (Å²) in [6.45, 7) is 12.1. The van der Waals surface area contributed by atoms with E-state index >= 15 is 0 Å². The first-order valence-corrected chi connectivity index (χ1v) is 4.43.